The highest BCUT2D eigenvalue weighted by molar-refractivity contribution is 4.85. The summed E-state index contributed by atoms with van der Waals surface area (Å²) in [5.41, 5.74) is 0. The van der Waals surface area contributed by atoms with Crippen LogP contribution in [0, 0.1) is 6.92 Å². The zero-order valence-corrected chi connectivity index (χ0v) is 7.01. The average molecular weight is 178 g/mol. The second-order valence-corrected chi connectivity index (χ2v) is 2.63. The lowest BCUT2D eigenvalue weighted by Crippen LogP contribution is -2.49. The van der Waals surface area contributed by atoms with Crippen molar-refractivity contribution in [2.75, 3.05) is 13.7 Å². The highest BCUT2D eigenvalue weighted by Crippen LogP contribution is 2.03. The fourth-order valence-corrected chi connectivity index (χ4v) is 0.744. The molecule has 73 valence electrons. The van der Waals surface area contributed by atoms with Gasteiger partial charge in [0.05, 0.1) is 12.7 Å². The number of nitrogens with one attached hydrogen (secondary N) is 1. The molecule has 0 aromatic rings. The Hall–Kier alpha value is -0.200. The molecule has 0 rings (SSSR count). The second kappa shape index (κ2) is 5.45. The maximum atomic E-state index is 9.24. The van der Waals surface area contributed by atoms with Crippen LogP contribution in [0.4, 0.5) is 0 Å². The predicted molar refractivity (Wildman–Crippen MR) is 43.3 cm³/mol. The minimum Gasteiger partial charge on any atom is -0.394 e. The van der Waals surface area contributed by atoms with Crippen molar-refractivity contribution < 1.29 is 20.4 Å². The molecule has 0 bridgehead atoms. The number of likely N-dealkylation sites (N-methyl/N-ethyl adjacent to an activating group) is 1. The Morgan fingerprint density at radius 2 is 1.75 bits per heavy atom. The van der Waals surface area contributed by atoms with Gasteiger partial charge in [0.1, 0.15) is 12.2 Å². The molecule has 0 saturated carbocycles. The van der Waals surface area contributed by atoms with Crippen LogP contribution in [0.3, 0.4) is 0 Å². The fourth-order valence-electron chi connectivity index (χ4n) is 0.744. The number of hydrogen-bond donors (Lipinski definition) is 5. The van der Waals surface area contributed by atoms with E-state index in [0.29, 0.717) is 0 Å². The van der Waals surface area contributed by atoms with Crippen molar-refractivity contribution in [3.05, 3.63) is 6.92 Å². The first kappa shape index (κ1) is 11.8. The molecule has 4 atom stereocenters. The van der Waals surface area contributed by atoms with E-state index in [1.165, 1.54) is 0 Å². The van der Waals surface area contributed by atoms with Crippen molar-refractivity contribution in [2.45, 2.75) is 24.4 Å². The van der Waals surface area contributed by atoms with Gasteiger partial charge in [-0.1, -0.05) is 0 Å². The molecule has 0 saturated heterocycles. The fraction of sp³-hybridized carbons (Fsp3) is 0.857. The van der Waals surface area contributed by atoms with Crippen LogP contribution in [0.2, 0.25) is 0 Å². The van der Waals surface area contributed by atoms with E-state index in [4.69, 9.17) is 15.3 Å². The van der Waals surface area contributed by atoms with Crippen molar-refractivity contribution in [1.82, 2.24) is 5.32 Å². The van der Waals surface area contributed by atoms with Crippen LogP contribution in [-0.4, -0.2) is 58.4 Å². The van der Waals surface area contributed by atoms with Gasteiger partial charge < -0.3 is 25.7 Å². The lowest BCUT2D eigenvalue weighted by molar-refractivity contribution is -0.0819. The molecule has 0 heterocycles. The van der Waals surface area contributed by atoms with E-state index in [9.17, 15) is 5.11 Å². The quantitative estimate of drug-likeness (QED) is 0.320. The summed E-state index contributed by atoms with van der Waals surface area (Å²) in [6, 6.07) is -0.582. The molecule has 5 nitrogen and oxygen atoms in total. The van der Waals surface area contributed by atoms with Crippen molar-refractivity contribution in [3.8, 4) is 0 Å². The highest BCUT2D eigenvalue weighted by atomic mass is 16.4. The molecular formula is C7H16NO4. The van der Waals surface area contributed by atoms with Crippen LogP contribution >= 0.6 is 0 Å². The minimum atomic E-state index is -1.38. The Morgan fingerprint density at radius 1 is 1.25 bits per heavy atom. The monoisotopic (exact) mass is 178 g/mol. The molecular weight excluding hydrogens is 162 g/mol. The first-order valence-corrected chi connectivity index (χ1v) is 3.70. The summed E-state index contributed by atoms with van der Waals surface area (Å²) < 4.78 is 0. The molecule has 0 aromatic carbocycles. The van der Waals surface area contributed by atoms with E-state index < -0.39 is 31.0 Å². The standard InChI is InChI=1S/C7H16NO4/c1-4(8-2)6(11)7(12)5(10)3-9/h4-12H,1,3H2,2H3. The van der Waals surface area contributed by atoms with Crippen LogP contribution in [0.5, 0.6) is 0 Å². The second-order valence-electron chi connectivity index (χ2n) is 2.63. The Labute approximate surface area is 71.7 Å². The summed E-state index contributed by atoms with van der Waals surface area (Å²) >= 11 is 0. The lowest BCUT2D eigenvalue weighted by Gasteiger charge is -2.25. The molecule has 0 aliphatic rings. The number of aliphatic hydroxyl groups excluding tert-OH is 4. The maximum absolute atomic E-state index is 9.24. The molecule has 0 spiro atoms. The minimum absolute atomic E-state index is 0.582. The Kier molecular flexibility index (Phi) is 5.36. The molecule has 5 N–H and O–H groups in total. The van der Waals surface area contributed by atoms with Gasteiger partial charge in [0.25, 0.3) is 0 Å². The smallest absolute Gasteiger partial charge is 0.109 e. The van der Waals surface area contributed by atoms with Crippen molar-refractivity contribution >= 4 is 0 Å². The molecule has 0 aliphatic carbocycles. The van der Waals surface area contributed by atoms with Crippen LogP contribution in [-0.2, 0) is 0 Å². The van der Waals surface area contributed by atoms with Gasteiger partial charge in [-0.05, 0) is 14.0 Å². The molecule has 0 fully saturated rings. The van der Waals surface area contributed by atoms with Crippen LogP contribution < -0.4 is 5.32 Å². The largest absolute Gasteiger partial charge is 0.394 e. The summed E-state index contributed by atoms with van der Waals surface area (Å²) in [6.07, 6.45) is -3.92. The summed E-state index contributed by atoms with van der Waals surface area (Å²) in [7, 11) is 1.57. The third-order valence-electron chi connectivity index (χ3n) is 1.71. The van der Waals surface area contributed by atoms with Crippen LogP contribution in [0.25, 0.3) is 0 Å². The average Bonchev–Trinajstić information content (AvgIpc) is 2.12. The molecule has 0 aliphatic heterocycles. The van der Waals surface area contributed by atoms with Gasteiger partial charge >= 0.3 is 0 Å². The Bertz CT molecular complexity index is 108. The number of rotatable bonds is 5. The Morgan fingerprint density at radius 3 is 2.08 bits per heavy atom. The van der Waals surface area contributed by atoms with E-state index in [0.717, 1.165) is 0 Å². The van der Waals surface area contributed by atoms with Gasteiger partial charge in [0.2, 0.25) is 0 Å². The van der Waals surface area contributed by atoms with E-state index in [1.807, 2.05) is 0 Å². The number of aliphatic hydroxyl groups is 4. The van der Waals surface area contributed by atoms with Crippen molar-refractivity contribution in [3.63, 3.8) is 0 Å². The normalized spacial score (nSPS) is 21.5. The van der Waals surface area contributed by atoms with Crippen molar-refractivity contribution in [2.24, 2.45) is 0 Å². The molecule has 0 aromatic heterocycles. The molecule has 4 unspecified atom stereocenters. The molecule has 0 amide bonds. The molecule has 5 heteroatoms. The zero-order valence-electron chi connectivity index (χ0n) is 7.01. The first-order chi connectivity index (χ1) is 5.54. The molecule has 1 radical (unpaired) electrons. The summed E-state index contributed by atoms with van der Waals surface area (Å²) in [5, 5.41) is 38.4. The van der Waals surface area contributed by atoms with Crippen LogP contribution in [0.1, 0.15) is 0 Å². The van der Waals surface area contributed by atoms with E-state index >= 15 is 0 Å². The maximum Gasteiger partial charge on any atom is 0.109 e. The van der Waals surface area contributed by atoms with Crippen LogP contribution in [0.15, 0.2) is 0 Å². The van der Waals surface area contributed by atoms with Gasteiger partial charge in [-0.15, -0.1) is 0 Å². The van der Waals surface area contributed by atoms with Crippen molar-refractivity contribution in [1.29, 1.82) is 0 Å². The summed E-state index contributed by atoms with van der Waals surface area (Å²) in [6.45, 7) is 2.89. The predicted octanol–water partition coefficient (Wildman–Crippen LogP) is -2.52. The summed E-state index contributed by atoms with van der Waals surface area (Å²) in [4.78, 5) is 0. The summed E-state index contributed by atoms with van der Waals surface area (Å²) in [5.74, 6) is 0. The zero-order chi connectivity index (χ0) is 9.72. The van der Waals surface area contributed by atoms with Gasteiger partial charge in [0.15, 0.2) is 0 Å². The number of hydrogen-bond acceptors (Lipinski definition) is 5. The van der Waals surface area contributed by atoms with E-state index in [1.54, 1.807) is 7.05 Å². The first-order valence-electron chi connectivity index (χ1n) is 3.70. The van der Waals surface area contributed by atoms with E-state index in [2.05, 4.69) is 12.2 Å². The third kappa shape index (κ3) is 3.04. The highest BCUT2D eigenvalue weighted by Gasteiger charge is 2.27. The topological polar surface area (TPSA) is 93.0 Å². The third-order valence-corrected chi connectivity index (χ3v) is 1.71. The van der Waals surface area contributed by atoms with Gasteiger partial charge in [-0.25, -0.2) is 0 Å². The SMILES string of the molecule is [CH2]C(NC)C(O)C(O)C(O)CO. The lowest BCUT2D eigenvalue weighted by atomic mass is 10.0. The van der Waals surface area contributed by atoms with E-state index in [-0.39, 0.29) is 0 Å². The Balaban J connectivity index is 3.99. The van der Waals surface area contributed by atoms with Gasteiger partial charge in [-0.2, -0.15) is 0 Å². The van der Waals surface area contributed by atoms with Gasteiger partial charge in [0, 0.05) is 6.04 Å². The van der Waals surface area contributed by atoms with Gasteiger partial charge in [-0.3, -0.25) is 0 Å². The molecule has 12 heavy (non-hydrogen) atoms.